The fraction of sp³-hybridized carbons (Fsp3) is 0.571. The number of carbonyl (C=O) groups excluding carboxylic acids is 2. The number of ether oxygens (including phenoxy) is 2. The summed E-state index contributed by atoms with van der Waals surface area (Å²) in [7, 11) is 1.73. The van der Waals surface area contributed by atoms with Crippen LogP contribution in [0.15, 0.2) is 12.3 Å². The second-order valence-corrected chi connectivity index (χ2v) is 4.94. The summed E-state index contributed by atoms with van der Waals surface area (Å²) in [4.78, 5) is 23.9. The summed E-state index contributed by atoms with van der Waals surface area (Å²) in [6.07, 6.45) is 1.49. The van der Waals surface area contributed by atoms with Crippen molar-refractivity contribution in [2.75, 3.05) is 25.1 Å². The standard InChI is InChI=1S/C14H21N3O4/c1-4-20-14(19)11-7-10(8-17(11)3)16-13(18)12-9(2)21-6-5-15-12/h7-9,12,15H,4-6H2,1-3H3,(H,16,18)/t9-,12+/m1/s1. The Bertz CT molecular complexity index is 526. The van der Waals surface area contributed by atoms with Gasteiger partial charge in [0.1, 0.15) is 11.7 Å². The molecule has 2 rings (SSSR count). The van der Waals surface area contributed by atoms with Crippen molar-refractivity contribution in [3.05, 3.63) is 18.0 Å². The van der Waals surface area contributed by atoms with Crippen LogP contribution in [0.2, 0.25) is 0 Å². The van der Waals surface area contributed by atoms with Crippen molar-refractivity contribution in [3.63, 3.8) is 0 Å². The van der Waals surface area contributed by atoms with E-state index in [1.165, 1.54) is 0 Å². The van der Waals surface area contributed by atoms with Gasteiger partial charge in [-0.2, -0.15) is 0 Å². The number of hydrogen-bond donors (Lipinski definition) is 2. The Kier molecular flexibility index (Phi) is 4.98. The van der Waals surface area contributed by atoms with Crippen LogP contribution < -0.4 is 10.6 Å². The number of carbonyl (C=O) groups is 2. The zero-order valence-corrected chi connectivity index (χ0v) is 12.5. The lowest BCUT2D eigenvalue weighted by atomic mass is 10.1. The summed E-state index contributed by atoms with van der Waals surface area (Å²) in [6, 6.07) is 1.20. The molecule has 116 valence electrons. The van der Waals surface area contributed by atoms with E-state index >= 15 is 0 Å². The van der Waals surface area contributed by atoms with Gasteiger partial charge in [-0.1, -0.05) is 0 Å². The first-order valence-electron chi connectivity index (χ1n) is 7.02. The lowest BCUT2D eigenvalue weighted by Crippen LogP contribution is -2.53. The SMILES string of the molecule is CCOC(=O)c1cc(NC(=O)[C@H]2NCCO[C@@H]2C)cn1C. The molecule has 7 nitrogen and oxygen atoms in total. The maximum atomic E-state index is 12.2. The zero-order valence-electron chi connectivity index (χ0n) is 12.5. The lowest BCUT2D eigenvalue weighted by Gasteiger charge is -2.29. The summed E-state index contributed by atoms with van der Waals surface area (Å²) in [5.41, 5.74) is 0.957. The van der Waals surface area contributed by atoms with Crippen LogP contribution >= 0.6 is 0 Å². The first-order chi connectivity index (χ1) is 10.0. The topological polar surface area (TPSA) is 81.6 Å². The summed E-state index contributed by atoms with van der Waals surface area (Å²) in [5.74, 6) is -0.587. The average Bonchev–Trinajstić information content (AvgIpc) is 2.80. The highest BCUT2D eigenvalue weighted by Gasteiger charge is 2.28. The van der Waals surface area contributed by atoms with Crippen LogP contribution in [-0.4, -0.2) is 48.3 Å². The van der Waals surface area contributed by atoms with Gasteiger partial charge in [0.2, 0.25) is 5.91 Å². The molecular weight excluding hydrogens is 274 g/mol. The van der Waals surface area contributed by atoms with Crippen LogP contribution in [0.3, 0.4) is 0 Å². The Labute approximate surface area is 123 Å². The lowest BCUT2D eigenvalue weighted by molar-refractivity contribution is -0.123. The van der Waals surface area contributed by atoms with Gasteiger partial charge in [0.25, 0.3) is 0 Å². The molecule has 2 atom stereocenters. The van der Waals surface area contributed by atoms with Crippen molar-refractivity contribution in [1.29, 1.82) is 0 Å². The van der Waals surface area contributed by atoms with Gasteiger partial charge < -0.3 is 24.7 Å². The molecule has 1 fully saturated rings. The van der Waals surface area contributed by atoms with Gasteiger partial charge in [-0.25, -0.2) is 4.79 Å². The third kappa shape index (κ3) is 3.62. The molecule has 0 radical (unpaired) electrons. The van der Waals surface area contributed by atoms with Gasteiger partial charge in [0.05, 0.1) is 25.0 Å². The summed E-state index contributed by atoms with van der Waals surface area (Å²) in [5, 5.41) is 5.91. The van der Waals surface area contributed by atoms with Gasteiger partial charge in [0, 0.05) is 19.8 Å². The fourth-order valence-electron chi connectivity index (χ4n) is 2.29. The van der Waals surface area contributed by atoms with E-state index in [1.54, 1.807) is 30.8 Å². The van der Waals surface area contributed by atoms with Crippen LogP contribution in [0.1, 0.15) is 24.3 Å². The van der Waals surface area contributed by atoms with E-state index in [0.29, 0.717) is 31.1 Å². The molecule has 21 heavy (non-hydrogen) atoms. The maximum Gasteiger partial charge on any atom is 0.355 e. The minimum Gasteiger partial charge on any atom is -0.461 e. The molecular formula is C14H21N3O4. The molecule has 0 unspecified atom stereocenters. The quantitative estimate of drug-likeness (QED) is 0.791. The highest BCUT2D eigenvalue weighted by molar-refractivity contribution is 5.97. The van der Waals surface area contributed by atoms with E-state index in [-0.39, 0.29) is 12.0 Å². The molecule has 0 bridgehead atoms. The highest BCUT2D eigenvalue weighted by atomic mass is 16.5. The van der Waals surface area contributed by atoms with Crippen LogP contribution in [0.5, 0.6) is 0 Å². The minimum absolute atomic E-state index is 0.178. The number of anilines is 1. The van der Waals surface area contributed by atoms with Gasteiger partial charge in [-0.3, -0.25) is 4.79 Å². The van der Waals surface area contributed by atoms with Crippen molar-refractivity contribution in [1.82, 2.24) is 9.88 Å². The second-order valence-electron chi connectivity index (χ2n) is 4.94. The molecule has 1 aliphatic heterocycles. The Morgan fingerprint density at radius 2 is 2.33 bits per heavy atom. The molecule has 2 N–H and O–H groups in total. The van der Waals surface area contributed by atoms with Gasteiger partial charge >= 0.3 is 5.97 Å². The smallest absolute Gasteiger partial charge is 0.355 e. The van der Waals surface area contributed by atoms with Crippen molar-refractivity contribution >= 4 is 17.6 Å². The first-order valence-corrected chi connectivity index (χ1v) is 7.02. The van der Waals surface area contributed by atoms with Crippen LogP contribution in [-0.2, 0) is 21.3 Å². The third-order valence-electron chi connectivity index (χ3n) is 3.36. The third-order valence-corrected chi connectivity index (χ3v) is 3.36. The number of rotatable bonds is 4. The van der Waals surface area contributed by atoms with Crippen LogP contribution in [0.4, 0.5) is 5.69 Å². The molecule has 1 amide bonds. The van der Waals surface area contributed by atoms with E-state index < -0.39 is 12.0 Å². The van der Waals surface area contributed by atoms with Gasteiger partial charge in [0.15, 0.2) is 0 Å². The number of amides is 1. The van der Waals surface area contributed by atoms with E-state index in [9.17, 15) is 9.59 Å². The highest BCUT2D eigenvalue weighted by Crippen LogP contribution is 2.15. The first kappa shape index (κ1) is 15.5. The Hall–Kier alpha value is -1.86. The summed E-state index contributed by atoms with van der Waals surface area (Å²) < 4.78 is 12.0. The molecule has 2 heterocycles. The zero-order chi connectivity index (χ0) is 15.4. The van der Waals surface area contributed by atoms with E-state index in [1.807, 2.05) is 6.92 Å². The number of aromatic nitrogens is 1. The molecule has 0 spiro atoms. The molecule has 1 aliphatic rings. The summed E-state index contributed by atoms with van der Waals surface area (Å²) >= 11 is 0. The van der Waals surface area contributed by atoms with Crippen molar-refractivity contribution < 1.29 is 19.1 Å². The van der Waals surface area contributed by atoms with Crippen molar-refractivity contribution in [2.24, 2.45) is 7.05 Å². The molecule has 0 aliphatic carbocycles. The maximum absolute atomic E-state index is 12.2. The number of hydrogen-bond acceptors (Lipinski definition) is 5. The molecule has 1 aromatic heterocycles. The number of esters is 1. The van der Waals surface area contributed by atoms with Gasteiger partial charge in [-0.05, 0) is 19.9 Å². The average molecular weight is 295 g/mol. The minimum atomic E-state index is -0.409. The summed E-state index contributed by atoms with van der Waals surface area (Å²) in [6.45, 7) is 5.16. The number of morpholine rings is 1. The van der Waals surface area contributed by atoms with Gasteiger partial charge in [-0.15, -0.1) is 0 Å². The van der Waals surface area contributed by atoms with E-state index in [4.69, 9.17) is 9.47 Å². The molecule has 1 aromatic rings. The van der Waals surface area contributed by atoms with E-state index in [2.05, 4.69) is 10.6 Å². The number of nitrogens with one attached hydrogen (secondary N) is 2. The Balaban J connectivity index is 2.04. The van der Waals surface area contributed by atoms with Crippen molar-refractivity contribution in [3.8, 4) is 0 Å². The Morgan fingerprint density at radius 3 is 3.00 bits per heavy atom. The number of nitrogens with zero attached hydrogens (tertiary/aromatic N) is 1. The molecule has 1 saturated heterocycles. The Morgan fingerprint density at radius 1 is 1.57 bits per heavy atom. The fourth-order valence-corrected chi connectivity index (χ4v) is 2.29. The van der Waals surface area contributed by atoms with Crippen molar-refractivity contribution in [2.45, 2.75) is 26.0 Å². The second kappa shape index (κ2) is 6.73. The normalized spacial score (nSPS) is 21.9. The molecule has 7 heteroatoms. The molecule has 0 saturated carbocycles. The van der Waals surface area contributed by atoms with E-state index in [0.717, 1.165) is 0 Å². The largest absolute Gasteiger partial charge is 0.461 e. The monoisotopic (exact) mass is 295 g/mol. The number of aryl methyl sites for hydroxylation is 1. The predicted molar refractivity (Wildman–Crippen MR) is 77.2 cm³/mol. The van der Waals surface area contributed by atoms with Crippen LogP contribution in [0, 0.1) is 0 Å². The van der Waals surface area contributed by atoms with Crippen LogP contribution in [0.25, 0.3) is 0 Å². The predicted octanol–water partition coefficient (Wildman–Crippen LogP) is 0.517. The molecule has 0 aromatic carbocycles.